The van der Waals surface area contributed by atoms with Gasteiger partial charge in [-0.2, -0.15) is 4.98 Å². The van der Waals surface area contributed by atoms with E-state index in [0.29, 0.717) is 29.9 Å². The standard InChI is InChI=1S/C24H30ClN7O3/c1-16-12-27-24(29-19-5-9-35-10-6-19)31-22(16)32-14-21(28-15-32)23(34)30-20(13-26-7-8-33)17-3-2-4-18(25)11-17/h2-4,11-12,14-15,19-20,26,33H,5-10,13H2,1H3,(H,30,34)(H,27,29,31)/t20-/m1/s1. The summed E-state index contributed by atoms with van der Waals surface area (Å²) in [5.74, 6) is 0.858. The number of carbonyl (C=O) groups is 1. The lowest BCUT2D eigenvalue weighted by Gasteiger charge is -2.23. The first-order chi connectivity index (χ1) is 17.0. The fourth-order valence-electron chi connectivity index (χ4n) is 3.88. The van der Waals surface area contributed by atoms with Crippen LogP contribution in [0.25, 0.3) is 5.82 Å². The van der Waals surface area contributed by atoms with Crippen LogP contribution < -0.4 is 16.0 Å². The molecule has 3 aromatic rings. The van der Waals surface area contributed by atoms with E-state index in [4.69, 9.17) is 21.4 Å². The summed E-state index contributed by atoms with van der Waals surface area (Å²) in [7, 11) is 0. The number of aromatic nitrogens is 4. The molecule has 1 aliphatic rings. The van der Waals surface area contributed by atoms with E-state index in [1.807, 2.05) is 25.1 Å². The van der Waals surface area contributed by atoms with Gasteiger partial charge in [0.1, 0.15) is 17.8 Å². The molecule has 2 aromatic heterocycles. The second-order valence-electron chi connectivity index (χ2n) is 8.41. The Kier molecular flexibility index (Phi) is 8.64. The molecule has 1 atom stereocenters. The lowest BCUT2D eigenvalue weighted by molar-refractivity contribution is 0.0903. The van der Waals surface area contributed by atoms with Crippen LogP contribution in [0.1, 0.15) is 40.5 Å². The molecular weight excluding hydrogens is 470 g/mol. The van der Waals surface area contributed by atoms with Gasteiger partial charge in [0.25, 0.3) is 5.91 Å². The highest BCUT2D eigenvalue weighted by Gasteiger charge is 2.19. The first-order valence-electron chi connectivity index (χ1n) is 11.6. The predicted molar refractivity (Wildman–Crippen MR) is 133 cm³/mol. The molecule has 4 rings (SSSR count). The summed E-state index contributed by atoms with van der Waals surface area (Å²) in [6.07, 6.45) is 6.79. The summed E-state index contributed by atoms with van der Waals surface area (Å²) < 4.78 is 7.13. The number of amides is 1. The number of nitrogens with zero attached hydrogens (tertiary/aromatic N) is 4. The lowest BCUT2D eigenvalue weighted by Crippen LogP contribution is -2.36. The number of imidazole rings is 1. The summed E-state index contributed by atoms with van der Waals surface area (Å²) in [5.41, 5.74) is 1.97. The van der Waals surface area contributed by atoms with Crippen LogP contribution in [-0.2, 0) is 4.74 Å². The predicted octanol–water partition coefficient (Wildman–Crippen LogP) is 2.27. The number of nitrogens with one attached hydrogen (secondary N) is 3. The minimum Gasteiger partial charge on any atom is -0.395 e. The first-order valence-corrected chi connectivity index (χ1v) is 12.0. The molecule has 1 fully saturated rings. The van der Waals surface area contributed by atoms with Crippen molar-refractivity contribution >= 4 is 23.5 Å². The van der Waals surface area contributed by atoms with Crippen LogP contribution >= 0.6 is 11.6 Å². The summed E-state index contributed by atoms with van der Waals surface area (Å²) in [6.45, 7) is 4.21. The van der Waals surface area contributed by atoms with Gasteiger partial charge in [0.05, 0.1) is 12.6 Å². The van der Waals surface area contributed by atoms with Crippen molar-refractivity contribution in [3.05, 3.63) is 64.8 Å². The number of aryl methyl sites for hydroxylation is 1. The Morgan fingerprint density at radius 1 is 1.31 bits per heavy atom. The molecule has 1 aromatic carbocycles. The molecule has 0 radical (unpaired) electrons. The molecule has 4 N–H and O–H groups in total. The molecule has 0 spiro atoms. The molecule has 0 aliphatic carbocycles. The van der Waals surface area contributed by atoms with E-state index in [9.17, 15) is 4.79 Å². The third-order valence-corrected chi connectivity index (χ3v) is 5.99. The minimum atomic E-state index is -0.353. The van der Waals surface area contributed by atoms with E-state index in [1.165, 1.54) is 0 Å². The van der Waals surface area contributed by atoms with Gasteiger partial charge in [0.15, 0.2) is 0 Å². The van der Waals surface area contributed by atoms with Crippen molar-refractivity contribution in [2.24, 2.45) is 0 Å². The number of benzene rings is 1. The Morgan fingerprint density at radius 3 is 2.91 bits per heavy atom. The highest BCUT2D eigenvalue weighted by atomic mass is 35.5. The van der Waals surface area contributed by atoms with Crippen LogP contribution in [0.15, 0.2) is 43.0 Å². The van der Waals surface area contributed by atoms with E-state index in [-0.39, 0.29) is 30.3 Å². The van der Waals surface area contributed by atoms with Crippen molar-refractivity contribution in [3.8, 4) is 5.82 Å². The second kappa shape index (κ2) is 12.1. The number of halogens is 1. The number of aliphatic hydroxyl groups excluding tert-OH is 1. The number of aliphatic hydroxyl groups is 1. The van der Waals surface area contributed by atoms with Crippen molar-refractivity contribution in [3.63, 3.8) is 0 Å². The Bertz CT molecular complexity index is 1130. The second-order valence-corrected chi connectivity index (χ2v) is 8.84. The highest BCUT2D eigenvalue weighted by Crippen LogP contribution is 2.19. The van der Waals surface area contributed by atoms with E-state index in [0.717, 1.165) is 37.2 Å². The van der Waals surface area contributed by atoms with Gasteiger partial charge >= 0.3 is 0 Å². The average molecular weight is 500 g/mol. The maximum atomic E-state index is 13.1. The van der Waals surface area contributed by atoms with Crippen LogP contribution in [0, 0.1) is 6.92 Å². The fraction of sp³-hybridized carbons (Fsp3) is 0.417. The SMILES string of the molecule is Cc1cnc(NC2CCOCC2)nc1-n1cnc(C(=O)N[C@H](CNCCO)c2cccc(Cl)c2)c1. The highest BCUT2D eigenvalue weighted by molar-refractivity contribution is 6.30. The Labute approximate surface area is 209 Å². The van der Waals surface area contributed by atoms with E-state index >= 15 is 0 Å². The molecule has 186 valence electrons. The maximum absolute atomic E-state index is 13.1. The largest absolute Gasteiger partial charge is 0.395 e. The van der Waals surface area contributed by atoms with E-state index in [1.54, 1.807) is 29.4 Å². The molecule has 0 unspecified atom stereocenters. The third kappa shape index (κ3) is 6.76. The molecule has 3 heterocycles. The van der Waals surface area contributed by atoms with Crippen molar-refractivity contribution in [1.29, 1.82) is 0 Å². The zero-order valence-electron chi connectivity index (χ0n) is 19.6. The molecule has 10 nitrogen and oxygen atoms in total. The van der Waals surface area contributed by atoms with Crippen LogP contribution in [0.5, 0.6) is 0 Å². The van der Waals surface area contributed by atoms with Gasteiger partial charge in [0, 0.05) is 55.3 Å². The summed E-state index contributed by atoms with van der Waals surface area (Å²) in [4.78, 5) is 26.4. The molecule has 11 heteroatoms. The molecule has 35 heavy (non-hydrogen) atoms. The monoisotopic (exact) mass is 499 g/mol. The molecule has 1 amide bonds. The van der Waals surface area contributed by atoms with Crippen molar-refractivity contribution in [2.45, 2.75) is 31.8 Å². The van der Waals surface area contributed by atoms with Crippen LogP contribution in [0.2, 0.25) is 5.02 Å². The average Bonchev–Trinajstić information content (AvgIpc) is 3.36. The van der Waals surface area contributed by atoms with E-state index < -0.39 is 0 Å². The number of carbonyl (C=O) groups excluding carboxylic acids is 1. The molecule has 1 saturated heterocycles. The van der Waals surface area contributed by atoms with Gasteiger partial charge in [-0.1, -0.05) is 23.7 Å². The summed E-state index contributed by atoms with van der Waals surface area (Å²) in [6, 6.07) is 7.24. The number of anilines is 1. The van der Waals surface area contributed by atoms with Gasteiger partial charge in [0.2, 0.25) is 5.95 Å². The van der Waals surface area contributed by atoms with Crippen LogP contribution in [-0.4, -0.2) is 69.5 Å². The van der Waals surface area contributed by atoms with Crippen molar-refractivity contribution < 1.29 is 14.6 Å². The molecule has 0 saturated carbocycles. The van der Waals surface area contributed by atoms with Gasteiger partial charge in [-0.05, 0) is 37.5 Å². The van der Waals surface area contributed by atoms with Crippen LogP contribution in [0.3, 0.4) is 0 Å². The number of hydrogen-bond donors (Lipinski definition) is 4. The first kappa shape index (κ1) is 25.1. The number of rotatable bonds is 10. The van der Waals surface area contributed by atoms with Gasteiger partial charge in [-0.25, -0.2) is 9.97 Å². The molecular formula is C24H30ClN7O3. The fourth-order valence-corrected chi connectivity index (χ4v) is 4.08. The zero-order valence-corrected chi connectivity index (χ0v) is 20.3. The Hall–Kier alpha value is -3.05. The Morgan fingerprint density at radius 2 is 2.14 bits per heavy atom. The van der Waals surface area contributed by atoms with E-state index in [2.05, 4.69) is 30.9 Å². The molecule has 1 aliphatic heterocycles. The topological polar surface area (TPSA) is 126 Å². The van der Waals surface area contributed by atoms with Gasteiger partial charge in [-0.3, -0.25) is 9.36 Å². The minimum absolute atomic E-state index is 0.00424. The molecule has 0 bridgehead atoms. The van der Waals surface area contributed by atoms with Crippen molar-refractivity contribution in [1.82, 2.24) is 30.2 Å². The summed E-state index contributed by atoms with van der Waals surface area (Å²) >= 11 is 6.15. The third-order valence-electron chi connectivity index (χ3n) is 5.75. The zero-order chi connectivity index (χ0) is 24.6. The van der Waals surface area contributed by atoms with Gasteiger partial charge in [-0.15, -0.1) is 0 Å². The van der Waals surface area contributed by atoms with Gasteiger partial charge < -0.3 is 25.8 Å². The lowest BCUT2D eigenvalue weighted by atomic mass is 10.1. The van der Waals surface area contributed by atoms with Crippen LogP contribution in [0.4, 0.5) is 5.95 Å². The number of hydrogen-bond acceptors (Lipinski definition) is 8. The quantitative estimate of drug-likeness (QED) is 0.313. The maximum Gasteiger partial charge on any atom is 0.272 e. The summed E-state index contributed by atoms with van der Waals surface area (Å²) in [5, 5.41) is 19.2. The smallest absolute Gasteiger partial charge is 0.272 e. The Balaban J connectivity index is 1.48. The number of ether oxygens (including phenoxy) is 1. The van der Waals surface area contributed by atoms with Crippen molar-refractivity contribution in [2.75, 3.05) is 38.2 Å². The normalized spacial score (nSPS) is 15.1.